The number of halogens is 3. The minimum absolute atomic E-state index is 0.00243. The summed E-state index contributed by atoms with van der Waals surface area (Å²) in [6.07, 6.45) is -1.84. The van der Waals surface area contributed by atoms with Crippen molar-refractivity contribution in [3.8, 4) is 0 Å². The summed E-state index contributed by atoms with van der Waals surface area (Å²) in [5.74, 6) is -0.889. The van der Waals surface area contributed by atoms with Crippen LogP contribution < -0.4 is 20.9 Å². The van der Waals surface area contributed by atoms with Crippen molar-refractivity contribution in [2.75, 3.05) is 29.1 Å². The maximum absolute atomic E-state index is 12.9. The second kappa shape index (κ2) is 7.41. The second-order valence-corrected chi connectivity index (χ2v) is 6.28. The molecule has 29 heavy (non-hydrogen) atoms. The number of amides is 3. The van der Waals surface area contributed by atoms with Gasteiger partial charge in [-0.3, -0.25) is 9.69 Å². The third kappa shape index (κ3) is 3.98. The molecule has 0 saturated carbocycles. The Bertz CT molecular complexity index is 978. The molecule has 1 aliphatic rings. The van der Waals surface area contributed by atoms with Gasteiger partial charge in [-0.1, -0.05) is 12.1 Å². The van der Waals surface area contributed by atoms with Crippen molar-refractivity contribution in [2.24, 2.45) is 0 Å². The predicted molar refractivity (Wildman–Crippen MR) is 100 cm³/mol. The highest BCUT2D eigenvalue weighted by Gasteiger charge is 2.32. The molecule has 2 heterocycles. The molecule has 1 unspecified atom stereocenters. The van der Waals surface area contributed by atoms with Crippen molar-refractivity contribution in [1.29, 1.82) is 0 Å². The van der Waals surface area contributed by atoms with E-state index in [1.807, 2.05) is 0 Å². The first-order valence-corrected chi connectivity index (χ1v) is 8.40. The molecule has 1 aromatic carbocycles. The summed E-state index contributed by atoms with van der Waals surface area (Å²) >= 11 is 0. The van der Waals surface area contributed by atoms with Gasteiger partial charge in [0.2, 0.25) is 5.95 Å². The van der Waals surface area contributed by atoms with Crippen LogP contribution in [0.25, 0.3) is 0 Å². The zero-order chi connectivity index (χ0) is 21.3. The van der Waals surface area contributed by atoms with Gasteiger partial charge in [-0.15, -0.1) is 6.58 Å². The Hall–Kier alpha value is -3.63. The number of nitrogens with zero attached hydrogens (tertiary/aromatic N) is 4. The van der Waals surface area contributed by atoms with Crippen LogP contribution in [0.1, 0.15) is 15.9 Å². The number of alkyl halides is 3. The molecule has 1 atom stereocenters. The summed E-state index contributed by atoms with van der Waals surface area (Å²) in [7, 11) is 1.31. The zero-order valence-corrected chi connectivity index (χ0v) is 15.3. The van der Waals surface area contributed by atoms with E-state index in [1.54, 1.807) is 6.08 Å². The van der Waals surface area contributed by atoms with Crippen LogP contribution in [0.2, 0.25) is 0 Å². The normalized spacial score (nSPS) is 16.5. The van der Waals surface area contributed by atoms with Crippen LogP contribution in [-0.4, -0.2) is 41.5 Å². The number of rotatable bonds is 4. The van der Waals surface area contributed by atoms with E-state index in [1.165, 1.54) is 24.1 Å². The molecule has 3 rings (SSSR count). The summed E-state index contributed by atoms with van der Waals surface area (Å²) < 4.78 is 38.7. The number of carbonyl (C=O) groups excluding carboxylic acids is 2. The topological polar surface area (TPSA) is 104 Å². The Morgan fingerprint density at radius 3 is 2.76 bits per heavy atom. The number of anilines is 3. The number of hydrogen-bond donors (Lipinski definition) is 2. The van der Waals surface area contributed by atoms with Crippen molar-refractivity contribution < 1.29 is 22.8 Å². The molecule has 8 nitrogen and oxygen atoms in total. The molecule has 1 aromatic heterocycles. The van der Waals surface area contributed by atoms with Gasteiger partial charge in [0.1, 0.15) is 11.4 Å². The number of benzene rings is 1. The Morgan fingerprint density at radius 2 is 2.17 bits per heavy atom. The Labute approximate surface area is 163 Å². The monoisotopic (exact) mass is 406 g/mol. The van der Waals surface area contributed by atoms with E-state index in [0.717, 1.165) is 23.2 Å². The molecule has 152 valence electrons. The molecule has 1 fully saturated rings. The quantitative estimate of drug-likeness (QED) is 0.759. The van der Waals surface area contributed by atoms with Gasteiger partial charge in [0, 0.05) is 18.9 Å². The average molecular weight is 406 g/mol. The fraction of sp³-hybridized carbons (Fsp3) is 0.222. The number of nitrogen functional groups attached to an aromatic ring is 1. The first-order valence-electron chi connectivity index (χ1n) is 8.40. The molecule has 2 aromatic rings. The summed E-state index contributed by atoms with van der Waals surface area (Å²) in [5.41, 5.74) is 4.90. The summed E-state index contributed by atoms with van der Waals surface area (Å²) in [4.78, 5) is 34.9. The van der Waals surface area contributed by atoms with Gasteiger partial charge >= 0.3 is 12.2 Å². The lowest BCUT2D eigenvalue weighted by Crippen LogP contribution is -2.31. The molecular weight excluding hydrogens is 389 g/mol. The van der Waals surface area contributed by atoms with Crippen LogP contribution in [0.5, 0.6) is 0 Å². The van der Waals surface area contributed by atoms with Crippen molar-refractivity contribution >= 4 is 29.4 Å². The first kappa shape index (κ1) is 20.1. The van der Waals surface area contributed by atoms with Crippen molar-refractivity contribution in [1.82, 2.24) is 15.3 Å². The van der Waals surface area contributed by atoms with E-state index in [0.29, 0.717) is 0 Å². The molecule has 0 bridgehead atoms. The van der Waals surface area contributed by atoms with E-state index in [4.69, 9.17) is 5.73 Å². The van der Waals surface area contributed by atoms with Gasteiger partial charge in [0.15, 0.2) is 0 Å². The Balaban J connectivity index is 1.85. The van der Waals surface area contributed by atoms with Gasteiger partial charge in [-0.2, -0.15) is 18.2 Å². The van der Waals surface area contributed by atoms with E-state index < -0.39 is 23.7 Å². The summed E-state index contributed by atoms with van der Waals surface area (Å²) in [6.45, 7) is 3.85. The SMILES string of the molecule is C=CC1CN(c2ncc(C(=O)N(C)c3cccc(C(F)(F)F)c3)c(N)n2)C(=O)N1. The lowest BCUT2D eigenvalue weighted by molar-refractivity contribution is -0.137. The Morgan fingerprint density at radius 1 is 1.45 bits per heavy atom. The van der Waals surface area contributed by atoms with Crippen LogP contribution in [0, 0.1) is 0 Å². The second-order valence-electron chi connectivity index (χ2n) is 6.28. The molecule has 11 heteroatoms. The number of hydrogen-bond acceptors (Lipinski definition) is 5. The van der Waals surface area contributed by atoms with Gasteiger partial charge in [-0.05, 0) is 18.2 Å². The van der Waals surface area contributed by atoms with Crippen LogP contribution >= 0.6 is 0 Å². The van der Waals surface area contributed by atoms with Crippen molar-refractivity contribution in [2.45, 2.75) is 12.2 Å². The fourth-order valence-electron chi connectivity index (χ4n) is 2.74. The van der Waals surface area contributed by atoms with Crippen molar-refractivity contribution in [3.63, 3.8) is 0 Å². The van der Waals surface area contributed by atoms with Crippen LogP contribution in [0.15, 0.2) is 43.1 Å². The van der Waals surface area contributed by atoms with E-state index in [2.05, 4.69) is 21.9 Å². The summed E-state index contributed by atoms with van der Waals surface area (Å²) in [5, 5.41) is 2.65. The highest BCUT2D eigenvalue weighted by Crippen LogP contribution is 2.32. The van der Waals surface area contributed by atoms with E-state index in [9.17, 15) is 22.8 Å². The molecule has 3 amide bonds. The van der Waals surface area contributed by atoms with Gasteiger partial charge in [0.05, 0.1) is 18.2 Å². The van der Waals surface area contributed by atoms with Crippen LogP contribution in [-0.2, 0) is 6.18 Å². The maximum Gasteiger partial charge on any atom is 0.416 e. The number of nitrogens with one attached hydrogen (secondary N) is 1. The highest BCUT2D eigenvalue weighted by molar-refractivity contribution is 6.08. The molecule has 0 spiro atoms. The fourth-order valence-corrected chi connectivity index (χ4v) is 2.74. The van der Waals surface area contributed by atoms with Gasteiger partial charge in [0.25, 0.3) is 5.91 Å². The number of aromatic nitrogens is 2. The predicted octanol–water partition coefficient (Wildman–Crippen LogP) is 2.44. The number of urea groups is 1. The molecule has 0 aliphatic carbocycles. The van der Waals surface area contributed by atoms with Crippen LogP contribution in [0.3, 0.4) is 0 Å². The van der Waals surface area contributed by atoms with E-state index >= 15 is 0 Å². The van der Waals surface area contributed by atoms with Crippen molar-refractivity contribution in [3.05, 3.63) is 54.2 Å². The lowest BCUT2D eigenvalue weighted by Gasteiger charge is -2.20. The van der Waals surface area contributed by atoms with Crippen LogP contribution in [0.4, 0.5) is 35.4 Å². The lowest BCUT2D eigenvalue weighted by atomic mass is 10.1. The van der Waals surface area contributed by atoms with Gasteiger partial charge < -0.3 is 16.0 Å². The Kier molecular flexibility index (Phi) is 5.14. The summed E-state index contributed by atoms with van der Waals surface area (Å²) in [6, 6.07) is 3.61. The first-order chi connectivity index (χ1) is 13.6. The largest absolute Gasteiger partial charge is 0.416 e. The van der Waals surface area contributed by atoms with Gasteiger partial charge in [-0.25, -0.2) is 9.78 Å². The van der Waals surface area contributed by atoms with E-state index in [-0.39, 0.29) is 35.6 Å². The minimum atomic E-state index is -4.54. The third-order valence-corrected chi connectivity index (χ3v) is 4.36. The average Bonchev–Trinajstić information content (AvgIpc) is 3.07. The number of carbonyl (C=O) groups is 2. The molecule has 1 aliphatic heterocycles. The highest BCUT2D eigenvalue weighted by atomic mass is 19.4. The molecular formula is C18H17F3N6O2. The maximum atomic E-state index is 12.9. The number of nitrogens with two attached hydrogens (primary N) is 1. The standard InChI is InChI=1S/C18H17F3N6O2/c1-3-11-9-27(17(29)24-11)16-23-8-13(14(22)25-16)15(28)26(2)12-6-4-5-10(7-12)18(19,20)21/h3-8,11H,1,9H2,2H3,(H,24,29)(H2,22,23,25). The molecule has 1 saturated heterocycles. The molecule has 0 radical (unpaired) electrons. The zero-order valence-electron chi connectivity index (χ0n) is 15.3. The smallest absolute Gasteiger partial charge is 0.383 e. The third-order valence-electron chi connectivity index (χ3n) is 4.36. The minimum Gasteiger partial charge on any atom is -0.383 e. The molecule has 3 N–H and O–H groups in total.